The van der Waals surface area contributed by atoms with E-state index in [1.165, 1.54) is 6.20 Å². The second kappa shape index (κ2) is 11.5. The van der Waals surface area contributed by atoms with Crippen LogP contribution in [0.5, 0.6) is 0 Å². The number of nitrogens with zero attached hydrogens (tertiary/aromatic N) is 4. The average molecular weight is 537 g/mol. The molecule has 10 heteroatoms. The Balaban J connectivity index is 1.51. The number of nitriles is 1. The molecule has 0 aliphatic carbocycles. The van der Waals surface area contributed by atoms with Crippen LogP contribution < -0.4 is 10.6 Å². The molecule has 0 unspecified atom stereocenters. The normalized spacial score (nSPS) is 15.0. The average Bonchev–Trinajstić information content (AvgIpc) is 3.22. The molecular weight excluding hydrogens is 505 g/mol. The summed E-state index contributed by atoms with van der Waals surface area (Å²) in [4.78, 5) is 18.9. The number of carbonyl (C=O) groups is 1. The number of pyridine rings is 1. The first-order valence-corrected chi connectivity index (χ1v) is 12.8. The molecule has 1 amide bonds. The third kappa shape index (κ3) is 7.38. The van der Waals surface area contributed by atoms with Crippen LogP contribution >= 0.6 is 0 Å². The number of nitrogens with one attached hydrogen (secondary N) is 2. The van der Waals surface area contributed by atoms with E-state index in [9.17, 15) is 23.2 Å². The zero-order valence-electron chi connectivity index (χ0n) is 22.2. The fourth-order valence-electron chi connectivity index (χ4n) is 4.54. The fourth-order valence-corrected chi connectivity index (χ4v) is 4.54. The number of hydrogen-bond acceptors (Lipinski definition) is 5. The van der Waals surface area contributed by atoms with Crippen LogP contribution in [0.25, 0.3) is 10.9 Å². The zero-order chi connectivity index (χ0) is 28.2. The first-order valence-electron chi connectivity index (χ1n) is 12.8. The van der Waals surface area contributed by atoms with Crippen LogP contribution in [-0.4, -0.2) is 52.7 Å². The minimum Gasteiger partial charge on any atom is -0.325 e. The van der Waals surface area contributed by atoms with Crippen molar-refractivity contribution in [2.24, 2.45) is 0 Å². The number of benzene rings is 1. The molecule has 204 valence electrons. The molecule has 3 heterocycles. The van der Waals surface area contributed by atoms with E-state index < -0.39 is 24.0 Å². The summed E-state index contributed by atoms with van der Waals surface area (Å²) < 4.78 is 41.3. The lowest BCUT2D eigenvalue weighted by atomic mass is 9.91. The number of likely N-dealkylation sites (tertiary alicyclic amines) is 1. The molecule has 3 aromatic rings. The number of alkyl halides is 3. The SMILES string of the molecule is CN1CCC(NCc2ccc3c(c2)cc(C#CC(=O)Nc2ccc(C(C)(C)C#N)nc2)n3CC(F)(F)F)CC1. The minimum atomic E-state index is -4.45. The number of rotatable bonds is 6. The molecule has 0 radical (unpaired) electrons. The van der Waals surface area contributed by atoms with Crippen molar-refractivity contribution in [1.29, 1.82) is 5.26 Å². The van der Waals surface area contributed by atoms with E-state index in [-0.39, 0.29) is 5.69 Å². The van der Waals surface area contributed by atoms with E-state index in [1.807, 2.05) is 12.1 Å². The summed E-state index contributed by atoms with van der Waals surface area (Å²) in [6, 6.07) is 12.7. The molecular formula is C29H31F3N6O. The molecule has 39 heavy (non-hydrogen) atoms. The zero-order valence-corrected chi connectivity index (χ0v) is 22.2. The lowest BCUT2D eigenvalue weighted by Gasteiger charge is -2.29. The lowest BCUT2D eigenvalue weighted by Crippen LogP contribution is -2.40. The molecule has 0 atom stereocenters. The molecule has 0 saturated carbocycles. The van der Waals surface area contributed by atoms with Gasteiger partial charge in [-0.15, -0.1) is 0 Å². The van der Waals surface area contributed by atoms with Gasteiger partial charge in [-0.3, -0.25) is 9.78 Å². The van der Waals surface area contributed by atoms with Crippen molar-refractivity contribution in [2.45, 2.75) is 57.4 Å². The van der Waals surface area contributed by atoms with Gasteiger partial charge in [0.15, 0.2) is 0 Å². The fraction of sp³-hybridized carbons (Fsp3) is 0.414. The molecule has 1 saturated heterocycles. The minimum absolute atomic E-state index is 0.0992. The van der Waals surface area contributed by atoms with Crippen LogP contribution in [0, 0.1) is 23.2 Å². The highest BCUT2D eigenvalue weighted by atomic mass is 19.4. The Morgan fingerprint density at radius 1 is 1.15 bits per heavy atom. The van der Waals surface area contributed by atoms with Crippen molar-refractivity contribution < 1.29 is 18.0 Å². The van der Waals surface area contributed by atoms with Gasteiger partial charge < -0.3 is 20.1 Å². The van der Waals surface area contributed by atoms with Crippen LogP contribution in [0.15, 0.2) is 42.6 Å². The van der Waals surface area contributed by atoms with E-state index in [1.54, 1.807) is 38.1 Å². The summed E-state index contributed by atoms with van der Waals surface area (Å²) in [5, 5.41) is 16.0. The number of hydrogen-bond donors (Lipinski definition) is 2. The second-order valence-corrected chi connectivity index (χ2v) is 10.5. The number of amides is 1. The molecule has 2 aromatic heterocycles. The highest BCUT2D eigenvalue weighted by Crippen LogP contribution is 2.27. The third-order valence-electron chi connectivity index (χ3n) is 6.86. The van der Waals surface area contributed by atoms with Crippen molar-refractivity contribution in [3.8, 4) is 17.9 Å². The topological polar surface area (TPSA) is 86.0 Å². The Kier molecular flexibility index (Phi) is 8.29. The molecule has 1 fully saturated rings. The Bertz CT molecular complexity index is 1430. The molecule has 2 N–H and O–H groups in total. The maximum absolute atomic E-state index is 13.4. The third-order valence-corrected chi connectivity index (χ3v) is 6.86. The van der Waals surface area contributed by atoms with Crippen LogP contribution in [0.2, 0.25) is 0 Å². The second-order valence-electron chi connectivity index (χ2n) is 10.5. The first kappa shape index (κ1) is 28.2. The van der Waals surface area contributed by atoms with E-state index in [0.29, 0.717) is 34.9 Å². The molecule has 4 rings (SSSR count). The maximum Gasteiger partial charge on any atom is 0.406 e. The Labute approximate surface area is 226 Å². The first-order chi connectivity index (χ1) is 18.4. The number of aromatic nitrogens is 2. The van der Waals surface area contributed by atoms with Crippen LogP contribution in [0.4, 0.5) is 18.9 Å². The summed E-state index contributed by atoms with van der Waals surface area (Å²) in [6.45, 7) is 4.94. The predicted octanol–water partition coefficient (Wildman–Crippen LogP) is 4.57. The lowest BCUT2D eigenvalue weighted by molar-refractivity contribution is -0.140. The summed E-state index contributed by atoms with van der Waals surface area (Å²) >= 11 is 0. The highest BCUT2D eigenvalue weighted by Gasteiger charge is 2.29. The smallest absolute Gasteiger partial charge is 0.325 e. The van der Waals surface area contributed by atoms with Gasteiger partial charge in [0.05, 0.1) is 34.8 Å². The maximum atomic E-state index is 13.4. The number of carbonyl (C=O) groups excluding carboxylic acids is 1. The largest absolute Gasteiger partial charge is 0.406 e. The molecule has 1 aliphatic heterocycles. The van der Waals surface area contributed by atoms with Gasteiger partial charge in [0.2, 0.25) is 0 Å². The molecule has 7 nitrogen and oxygen atoms in total. The van der Waals surface area contributed by atoms with Crippen molar-refractivity contribution in [1.82, 2.24) is 19.8 Å². The van der Waals surface area contributed by atoms with Gasteiger partial charge in [0.1, 0.15) is 6.54 Å². The van der Waals surface area contributed by atoms with Gasteiger partial charge >= 0.3 is 12.1 Å². The van der Waals surface area contributed by atoms with E-state index in [0.717, 1.165) is 36.1 Å². The van der Waals surface area contributed by atoms with Crippen LogP contribution in [-0.2, 0) is 23.3 Å². The quantitative estimate of drug-likeness (QED) is 0.451. The summed E-state index contributed by atoms with van der Waals surface area (Å²) in [5.74, 6) is 4.32. The van der Waals surface area contributed by atoms with Gasteiger partial charge in [0.25, 0.3) is 0 Å². The van der Waals surface area contributed by atoms with Crippen molar-refractivity contribution in [2.75, 3.05) is 25.5 Å². The molecule has 1 aromatic carbocycles. The van der Waals surface area contributed by atoms with Gasteiger partial charge in [-0.25, -0.2) is 0 Å². The van der Waals surface area contributed by atoms with Crippen molar-refractivity contribution in [3.63, 3.8) is 0 Å². The highest BCUT2D eigenvalue weighted by molar-refractivity contribution is 6.04. The number of halogens is 3. The van der Waals surface area contributed by atoms with Crippen molar-refractivity contribution >= 4 is 22.5 Å². The molecule has 0 spiro atoms. The van der Waals surface area contributed by atoms with Gasteiger partial charge in [-0.2, -0.15) is 18.4 Å². The van der Waals surface area contributed by atoms with Gasteiger partial charge in [0, 0.05) is 29.4 Å². The molecule has 0 bridgehead atoms. The predicted molar refractivity (Wildman–Crippen MR) is 144 cm³/mol. The Morgan fingerprint density at radius 3 is 2.54 bits per heavy atom. The standard InChI is InChI=1S/C29H31F3N6O/c1-28(2,18-33)26-8-5-23(17-35-26)36-27(39)9-6-24-15-21-14-20(16-34-22-10-12-37(3)13-11-22)4-7-25(21)38(24)19-29(30,31)32/h4-5,7-8,14-15,17,22,34H,10-13,16,19H2,1-3H3,(H,36,39). The monoisotopic (exact) mass is 536 g/mol. The van der Waals surface area contributed by atoms with E-state index >= 15 is 0 Å². The summed E-state index contributed by atoms with van der Waals surface area (Å²) in [6.07, 6.45) is -0.930. The summed E-state index contributed by atoms with van der Waals surface area (Å²) in [7, 11) is 2.10. The Hall–Kier alpha value is -3.86. The van der Waals surface area contributed by atoms with Crippen molar-refractivity contribution in [3.05, 3.63) is 59.5 Å². The van der Waals surface area contributed by atoms with Gasteiger partial charge in [-0.05, 0) is 88.6 Å². The van der Waals surface area contributed by atoms with Gasteiger partial charge in [-0.1, -0.05) is 6.07 Å². The summed E-state index contributed by atoms with van der Waals surface area (Å²) in [5.41, 5.74) is 1.60. The molecule has 1 aliphatic rings. The van der Waals surface area contributed by atoms with Crippen LogP contribution in [0.3, 0.4) is 0 Å². The van der Waals surface area contributed by atoms with E-state index in [4.69, 9.17) is 0 Å². The Morgan fingerprint density at radius 2 is 1.90 bits per heavy atom. The van der Waals surface area contributed by atoms with Crippen LogP contribution in [0.1, 0.15) is 43.6 Å². The number of fused-ring (bicyclic) bond motifs is 1. The number of anilines is 1. The number of piperidine rings is 1. The van der Waals surface area contributed by atoms with E-state index in [2.05, 4.69) is 45.5 Å².